The van der Waals surface area contributed by atoms with E-state index in [1.54, 1.807) is 31.2 Å². The monoisotopic (exact) mass is 504 g/mol. The number of halogens is 1. The minimum Gasteiger partial charge on any atom is -0.348 e. The highest BCUT2D eigenvalue weighted by atomic mass is 32.2. The Kier molecular flexibility index (Phi) is 7.42. The van der Waals surface area contributed by atoms with Crippen LogP contribution in [-0.4, -0.2) is 35.5 Å². The summed E-state index contributed by atoms with van der Waals surface area (Å²) in [6.45, 7) is 2.99. The van der Waals surface area contributed by atoms with Crippen LogP contribution in [0.15, 0.2) is 82.6 Å². The molecule has 3 aromatic rings. The van der Waals surface area contributed by atoms with Gasteiger partial charge in [-0.2, -0.15) is 0 Å². The van der Waals surface area contributed by atoms with Crippen LogP contribution in [0.1, 0.15) is 24.1 Å². The van der Waals surface area contributed by atoms with E-state index >= 15 is 0 Å². The van der Waals surface area contributed by atoms with Gasteiger partial charge in [0.15, 0.2) is 9.84 Å². The van der Waals surface area contributed by atoms with Crippen molar-refractivity contribution in [3.8, 4) is 0 Å². The maximum absolute atomic E-state index is 13.5. The highest BCUT2D eigenvalue weighted by Crippen LogP contribution is 2.24. The Morgan fingerprint density at radius 2 is 1.41 bits per heavy atom. The first-order valence-electron chi connectivity index (χ1n) is 10.3. The van der Waals surface area contributed by atoms with Crippen LogP contribution < -0.4 is 9.62 Å². The molecule has 0 aliphatic heterocycles. The van der Waals surface area contributed by atoms with Gasteiger partial charge in [0.05, 0.1) is 21.5 Å². The lowest BCUT2D eigenvalue weighted by atomic mass is 10.1. The van der Waals surface area contributed by atoms with Gasteiger partial charge in [-0.3, -0.25) is 9.10 Å². The second kappa shape index (κ2) is 9.94. The molecule has 1 amide bonds. The summed E-state index contributed by atoms with van der Waals surface area (Å²) in [4.78, 5) is 13.0. The summed E-state index contributed by atoms with van der Waals surface area (Å²) in [7, 11) is -7.47. The van der Waals surface area contributed by atoms with Gasteiger partial charge in [0, 0.05) is 6.26 Å². The molecule has 1 atom stereocenters. The number of nitrogens with one attached hydrogen (secondary N) is 1. The number of amides is 1. The SMILES string of the molecule is Cc1ccc(S(=O)(=O)N(CC(=O)N[C@@H](C)c2ccc(S(C)(=O)=O)cc2)c2ccc(F)cc2)cc1. The van der Waals surface area contributed by atoms with Crippen molar-refractivity contribution in [2.24, 2.45) is 0 Å². The van der Waals surface area contributed by atoms with E-state index in [0.717, 1.165) is 28.3 Å². The van der Waals surface area contributed by atoms with Crippen LogP contribution >= 0.6 is 0 Å². The molecule has 0 spiro atoms. The van der Waals surface area contributed by atoms with Crippen LogP contribution in [0, 0.1) is 12.7 Å². The van der Waals surface area contributed by atoms with Crippen molar-refractivity contribution < 1.29 is 26.0 Å². The van der Waals surface area contributed by atoms with Crippen molar-refractivity contribution in [1.82, 2.24) is 5.32 Å². The van der Waals surface area contributed by atoms with E-state index in [1.807, 2.05) is 6.92 Å². The Hall–Kier alpha value is -3.24. The van der Waals surface area contributed by atoms with E-state index in [-0.39, 0.29) is 15.5 Å². The molecule has 0 aromatic heterocycles. The molecule has 0 saturated heterocycles. The predicted octanol–water partition coefficient (Wildman–Crippen LogP) is 3.61. The molecule has 0 fully saturated rings. The van der Waals surface area contributed by atoms with Crippen molar-refractivity contribution in [1.29, 1.82) is 0 Å². The second-order valence-electron chi connectivity index (χ2n) is 7.93. The van der Waals surface area contributed by atoms with Crippen LogP contribution in [0.5, 0.6) is 0 Å². The van der Waals surface area contributed by atoms with Crippen LogP contribution in [0.3, 0.4) is 0 Å². The summed E-state index contributed by atoms with van der Waals surface area (Å²) in [5, 5.41) is 2.73. The normalized spacial score (nSPS) is 12.7. The molecule has 3 aromatic carbocycles. The highest BCUT2D eigenvalue weighted by Gasteiger charge is 2.27. The molecular formula is C24H25FN2O5S2. The van der Waals surface area contributed by atoms with Gasteiger partial charge in [-0.1, -0.05) is 29.8 Å². The lowest BCUT2D eigenvalue weighted by Gasteiger charge is -2.25. The van der Waals surface area contributed by atoms with Crippen molar-refractivity contribution in [2.75, 3.05) is 17.1 Å². The Morgan fingerprint density at radius 1 is 0.882 bits per heavy atom. The average Bonchev–Trinajstić information content (AvgIpc) is 2.78. The van der Waals surface area contributed by atoms with Gasteiger partial charge in [-0.05, 0) is 67.9 Å². The molecule has 3 rings (SSSR count). The number of sulfone groups is 1. The third-order valence-electron chi connectivity index (χ3n) is 5.20. The number of aryl methyl sites for hydroxylation is 1. The Balaban J connectivity index is 1.85. The van der Waals surface area contributed by atoms with Crippen LogP contribution in [0.2, 0.25) is 0 Å². The molecule has 180 valence electrons. The summed E-state index contributed by atoms with van der Waals surface area (Å²) in [5.41, 5.74) is 1.67. The van der Waals surface area contributed by atoms with Crippen molar-refractivity contribution in [3.63, 3.8) is 0 Å². The number of nitrogens with zero attached hydrogens (tertiary/aromatic N) is 1. The maximum atomic E-state index is 13.5. The summed E-state index contributed by atoms with van der Waals surface area (Å²) >= 11 is 0. The zero-order chi connectivity index (χ0) is 25.1. The van der Waals surface area contributed by atoms with Gasteiger partial charge in [0.1, 0.15) is 12.4 Å². The van der Waals surface area contributed by atoms with Gasteiger partial charge >= 0.3 is 0 Å². The molecule has 1 N–H and O–H groups in total. The maximum Gasteiger partial charge on any atom is 0.264 e. The molecule has 0 unspecified atom stereocenters. The highest BCUT2D eigenvalue weighted by molar-refractivity contribution is 7.93. The van der Waals surface area contributed by atoms with E-state index in [2.05, 4.69) is 5.32 Å². The fourth-order valence-corrected chi connectivity index (χ4v) is 5.32. The number of hydrogen-bond acceptors (Lipinski definition) is 5. The number of anilines is 1. The van der Waals surface area contributed by atoms with Crippen molar-refractivity contribution in [2.45, 2.75) is 29.7 Å². The first-order chi connectivity index (χ1) is 15.9. The zero-order valence-electron chi connectivity index (χ0n) is 18.9. The zero-order valence-corrected chi connectivity index (χ0v) is 20.5. The molecule has 0 aliphatic carbocycles. The van der Waals surface area contributed by atoms with Crippen LogP contribution in [0.4, 0.5) is 10.1 Å². The fraction of sp³-hybridized carbons (Fsp3) is 0.208. The van der Waals surface area contributed by atoms with Crippen LogP contribution in [-0.2, 0) is 24.7 Å². The van der Waals surface area contributed by atoms with E-state index in [1.165, 1.54) is 36.4 Å². The molecule has 0 bridgehead atoms. The van der Waals surface area contributed by atoms with Crippen LogP contribution in [0.25, 0.3) is 0 Å². The molecule has 7 nitrogen and oxygen atoms in total. The Labute approximate surface area is 199 Å². The van der Waals surface area contributed by atoms with E-state index in [4.69, 9.17) is 0 Å². The quantitative estimate of drug-likeness (QED) is 0.505. The summed E-state index contributed by atoms with van der Waals surface area (Å²) in [6, 6.07) is 16.6. The number of rotatable bonds is 8. The molecule has 0 radical (unpaired) electrons. The minimum atomic E-state index is -4.12. The van der Waals surface area contributed by atoms with E-state index < -0.39 is 44.2 Å². The Morgan fingerprint density at radius 3 is 1.94 bits per heavy atom. The second-order valence-corrected chi connectivity index (χ2v) is 11.8. The number of carbonyl (C=O) groups excluding carboxylic acids is 1. The fourth-order valence-electron chi connectivity index (χ4n) is 3.26. The third kappa shape index (κ3) is 6.00. The van der Waals surface area contributed by atoms with Crippen molar-refractivity contribution in [3.05, 3.63) is 89.7 Å². The lowest BCUT2D eigenvalue weighted by Crippen LogP contribution is -2.41. The first-order valence-corrected chi connectivity index (χ1v) is 13.7. The van der Waals surface area contributed by atoms with E-state index in [9.17, 15) is 26.0 Å². The standard InChI is InChI=1S/C24H25FN2O5S2/c1-17-4-12-23(13-5-17)34(31,32)27(21-10-8-20(25)9-11-21)16-24(28)26-18(2)19-6-14-22(15-7-19)33(3,29)30/h4-15,18H,16H2,1-3H3,(H,26,28)/t18-/m0/s1. The van der Waals surface area contributed by atoms with Gasteiger partial charge in [0.25, 0.3) is 10.0 Å². The lowest BCUT2D eigenvalue weighted by molar-refractivity contribution is -0.120. The number of carbonyl (C=O) groups is 1. The molecule has 10 heteroatoms. The third-order valence-corrected chi connectivity index (χ3v) is 8.11. The summed E-state index contributed by atoms with van der Waals surface area (Å²) in [6.07, 6.45) is 1.10. The van der Waals surface area contributed by atoms with E-state index in [0.29, 0.717) is 5.56 Å². The molecule has 0 heterocycles. The summed E-state index contributed by atoms with van der Waals surface area (Å²) < 4.78 is 64.4. The largest absolute Gasteiger partial charge is 0.348 e. The molecular weight excluding hydrogens is 479 g/mol. The van der Waals surface area contributed by atoms with Gasteiger partial charge in [-0.25, -0.2) is 21.2 Å². The smallest absolute Gasteiger partial charge is 0.264 e. The molecule has 0 saturated carbocycles. The average molecular weight is 505 g/mol. The number of benzene rings is 3. The topological polar surface area (TPSA) is 101 Å². The molecule has 34 heavy (non-hydrogen) atoms. The molecule has 0 aliphatic rings. The summed E-state index contributed by atoms with van der Waals surface area (Å²) in [5.74, 6) is -1.12. The Bertz CT molecular complexity index is 1370. The predicted molar refractivity (Wildman–Crippen MR) is 128 cm³/mol. The first kappa shape index (κ1) is 25.4. The number of hydrogen-bond donors (Lipinski definition) is 1. The van der Waals surface area contributed by atoms with Crippen molar-refractivity contribution >= 4 is 31.5 Å². The minimum absolute atomic E-state index is 0.000336. The van der Waals surface area contributed by atoms with Gasteiger partial charge in [-0.15, -0.1) is 0 Å². The van der Waals surface area contributed by atoms with Gasteiger partial charge in [0.2, 0.25) is 5.91 Å². The van der Waals surface area contributed by atoms with Gasteiger partial charge < -0.3 is 5.32 Å². The number of sulfonamides is 1.